The number of para-hydroxylation sites is 1. The van der Waals surface area contributed by atoms with Crippen LogP contribution in [0.3, 0.4) is 0 Å². The Kier molecular flexibility index (Phi) is 8.55. The highest BCUT2D eigenvalue weighted by Gasteiger charge is 2.41. The number of phenolic OH excluding ortho intramolecular Hbond substituents is 1. The van der Waals surface area contributed by atoms with E-state index in [-0.39, 0.29) is 5.75 Å². The van der Waals surface area contributed by atoms with E-state index in [1.807, 2.05) is 45.9 Å². The number of carbonyl (C=O) groups excluding carboxylic acids is 3. The Hall–Kier alpha value is -3.55. The minimum Gasteiger partial charge on any atom is -0.508 e. The first-order valence-corrected chi connectivity index (χ1v) is 11.6. The molecule has 0 aliphatic rings. The van der Waals surface area contributed by atoms with Gasteiger partial charge in [-0.1, -0.05) is 30.3 Å². The van der Waals surface area contributed by atoms with Crippen LogP contribution in [-0.2, 0) is 14.3 Å². The second kappa shape index (κ2) is 10.8. The van der Waals surface area contributed by atoms with Crippen molar-refractivity contribution in [2.45, 2.75) is 78.6 Å². The number of ether oxygens (including phenoxy) is 1. The number of nitrogens with zero attached hydrogens (tertiary/aromatic N) is 1. The molecule has 2 unspecified atom stereocenters. The fourth-order valence-corrected chi connectivity index (χ4v) is 3.59. The Morgan fingerprint density at radius 2 is 1.51 bits per heavy atom. The lowest BCUT2D eigenvalue weighted by Crippen LogP contribution is -2.57. The summed E-state index contributed by atoms with van der Waals surface area (Å²) in [6.45, 7) is 14.1. The van der Waals surface area contributed by atoms with Gasteiger partial charge in [0.1, 0.15) is 23.4 Å². The van der Waals surface area contributed by atoms with Gasteiger partial charge in [0.05, 0.1) is 0 Å². The van der Waals surface area contributed by atoms with Crippen LogP contribution in [0.4, 0.5) is 10.5 Å². The fraction of sp³-hybridized carbons (Fsp3) is 0.444. The predicted octanol–water partition coefficient (Wildman–Crippen LogP) is 4.92. The highest BCUT2D eigenvalue weighted by molar-refractivity contribution is 5.99. The number of benzene rings is 2. The standard InChI is InChI=1S/C27H37N3O5/c1-17-11-9-10-12-21(17)29-23(32)22(19-13-15-20(31)16-14-19)30(26(3,4)5)24(33)18(2)28-25(34)35-27(6,7)8/h9-16,18,22,31H,1-8H3,(H,28,34)(H,29,32). The number of amides is 3. The van der Waals surface area contributed by atoms with Gasteiger partial charge in [0.15, 0.2) is 0 Å². The molecule has 8 heteroatoms. The molecular formula is C27H37N3O5. The molecule has 2 aromatic carbocycles. The molecule has 0 saturated heterocycles. The van der Waals surface area contributed by atoms with E-state index < -0.39 is 41.1 Å². The van der Waals surface area contributed by atoms with Gasteiger partial charge < -0.3 is 25.4 Å². The first-order chi connectivity index (χ1) is 16.1. The van der Waals surface area contributed by atoms with Crippen molar-refractivity contribution >= 4 is 23.6 Å². The van der Waals surface area contributed by atoms with Gasteiger partial charge in [0, 0.05) is 11.2 Å². The Bertz CT molecular complexity index is 1050. The molecule has 0 spiro atoms. The molecule has 0 fully saturated rings. The van der Waals surface area contributed by atoms with E-state index in [2.05, 4.69) is 10.6 Å². The highest BCUT2D eigenvalue weighted by atomic mass is 16.6. The predicted molar refractivity (Wildman–Crippen MR) is 136 cm³/mol. The Morgan fingerprint density at radius 1 is 0.943 bits per heavy atom. The summed E-state index contributed by atoms with van der Waals surface area (Å²) in [6, 6.07) is 11.5. The number of hydrogen-bond acceptors (Lipinski definition) is 5. The third-order valence-corrected chi connectivity index (χ3v) is 5.18. The van der Waals surface area contributed by atoms with Gasteiger partial charge >= 0.3 is 6.09 Å². The van der Waals surface area contributed by atoms with Gasteiger partial charge in [0.25, 0.3) is 5.91 Å². The van der Waals surface area contributed by atoms with Gasteiger partial charge in [-0.05, 0) is 84.7 Å². The average Bonchev–Trinajstić information content (AvgIpc) is 2.71. The number of alkyl carbamates (subject to hydrolysis) is 1. The first kappa shape index (κ1) is 27.7. The van der Waals surface area contributed by atoms with Crippen LogP contribution < -0.4 is 10.6 Å². The largest absolute Gasteiger partial charge is 0.508 e. The SMILES string of the molecule is Cc1ccccc1NC(=O)C(c1ccc(O)cc1)N(C(=O)C(C)NC(=O)OC(C)(C)C)C(C)(C)C. The van der Waals surface area contributed by atoms with E-state index in [1.165, 1.54) is 17.0 Å². The molecule has 0 saturated carbocycles. The molecule has 2 rings (SSSR count). The molecule has 190 valence electrons. The monoisotopic (exact) mass is 483 g/mol. The smallest absolute Gasteiger partial charge is 0.408 e. The summed E-state index contributed by atoms with van der Waals surface area (Å²) >= 11 is 0. The molecule has 0 bridgehead atoms. The summed E-state index contributed by atoms with van der Waals surface area (Å²) < 4.78 is 5.29. The van der Waals surface area contributed by atoms with Gasteiger partial charge in [-0.2, -0.15) is 0 Å². The second-order valence-corrected chi connectivity index (χ2v) is 10.5. The van der Waals surface area contributed by atoms with Crippen molar-refractivity contribution in [2.24, 2.45) is 0 Å². The lowest BCUT2D eigenvalue weighted by atomic mass is 9.95. The van der Waals surface area contributed by atoms with Crippen molar-refractivity contribution in [1.82, 2.24) is 10.2 Å². The maximum Gasteiger partial charge on any atom is 0.408 e. The van der Waals surface area contributed by atoms with Crippen LogP contribution in [0.15, 0.2) is 48.5 Å². The minimum atomic E-state index is -1.04. The number of phenols is 1. The number of aromatic hydroxyl groups is 1. The van der Waals surface area contributed by atoms with Gasteiger partial charge in [0.2, 0.25) is 5.91 Å². The first-order valence-electron chi connectivity index (χ1n) is 11.6. The van der Waals surface area contributed by atoms with Crippen LogP contribution in [0, 0.1) is 6.92 Å². The van der Waals surface area contributed by atoms with E-state index in [1.54, 1.807) is 45.9 Å². The molecule has 0 aliphatic heterocycles. The maximum absolute atomic E-state index is 13.7. The van der Waals surface area contributed by atoms with E-state index in [9.17, 15) is 19.5 Å². The Morgan fingerprint density at radius 3 is 2.03 bits per heavy atom. The summed E-state index contributed by atoms with van der Waals surface area (Å²) in [5.41, 5.74) is 0.494. The Balaban J connectivity index is 2.48. The molecule has 0 aliphatic carbocycles. The normalized spacial score (nSPS) is 13.4. The summed E-state index contributed by atoms with van der Waals surface area (Å²) in [6.07, 6.45) is -0.724. The molecule has 3 N–H and O–H groups in total. The topological polar surface area (TPSA) is 108 Å². The lowest BCUT2D eigenvalue weighted by Gasteiger charge is -2.42. The van der Waals surface area contributed by atoms with Crippen LogP contribution in [0.1, 0.15) is 65.6 Å². The minimum absolute atomic E-state index is 0.0420. The molecular weight excluding hydrogens is 446 g/mol. The lowest BCUT2D eigenvalue weighted by molar-refractivity contribution is -0.146. The van der Waals surface area contributed by atoms with Gasteiger partial charge in [-0.3, -0.25) is 9.59 Å². The Labute approximate surface area is 207 Å². The van der Waals surface area contributed by atoms with Crippen LogP contribution >= 0.6 is 0 Å². The van der Waals surface area contributed by atoms with E-state index in [0.29, 0.717) is 11.3 Å². The van der Waals surface area contributed by atoms with E-state index in [4.69, 9.17) is 4.74 Å². The number of rotatable bonds is 6. The molecule has 0 radical (unpaired) electrons. The van der Waals surface area contributed by atoms with Crippen molar-refractivity contribution in [3.8, 4) is 5.75 Å². The molecule has 35 heavy (non-hydrogen) atoms. The number of aryl methyl sites for hydroxylation is 1. The van der Waals surface area contributed by atoms with Crippen LogP contribution in [0.2, 0.25) is 0 Å². The van der Waals surface area contributed by atoms with Crippen LogP contribution in [-0.4, -0.2) is 45.1 Å². The van der Waals surface area contributed by atoms with Gasteiger partial charge in [-0.25, -0.2) is 4.79 Å². The zero-order valence-corrected chi connectivity index (χ0v) is 21.8. The van der Waals surface area contributed by atoms with Crippen molar-refractivity contribution in [3.05, 3.63) is 59.7 Å². The van der Waals surface area contributed by atoms with Crippen molar-refractivity contribution in [3.63, 3.8) is 0 Å². The molecule has 2 atom stereocenters. The number of hydrogen-bond donors (Lipinski definition) is 3. The summed E-state index contributed by atoms with van der Waals surface area (Å²) in [5.74, 6) is -0.834. The zero-order chi connectivity index (χ0) is 26.6. The van der Waals surface area contributed by atoms with Crippen molar-refractivity contribution in [1.29, 1.82) is 0 Å². The van der Waals surface area contributed by atoms with E-state index >= 15 is 0 Å². The number of anilines is 1. The number of carbonyl (C=O) groups is 3. The van der Waals surface area contributed by atoms with E-state index in [0.717, 1.165) is 5.56 Å². The zero-order valence-electron chi connectivity index (χ0n) is 21.8. The molecule has 0 heterocycles. The third-order valence-electron chi connectivity index (χ3n) is 5.18. The van der Waals surface area contributed by atoms with Gasteiger partial charge in [-0.15, -0.1) is 0 Å². The van der Waals surface area contributed by atoms with Crippen molar-refractivity contribution < 1.29 is 24.2 Å². The molecule has 2 aromatic rings. The summed E-state index contributed by atoms with van der Waals surface area (Å²) in [4.78, 5) is 41.2. The van der Waals surface area contributed by atoms with Crippen LogP contribution in [0.5, 0.6) is 5.75 Å². The average molecular weight is 484 g/mol. The van der Waals surface area contributed by atoms with Crippen molar-refractivity contribution in [2.75, 3.05) is 5.32 Å². The van der Waals surface area contributed by atoms with Crippen LogP contribution in [0.25, 0.3) is 0 Å². The maximum atomic E-state index is 13.7. The third kappa shape index (κ3) is 7.73. The molecule has 0 aromatic heterocycles. The second-order valence-electron chi connectivity index (χ2n) is 10.5. The summed E-state index contributed by atoms with van der Waals surface area (Å²) in [5, 5.41) is 15.3. The summed E-state index contributed by atoms with van der Waals surface area (Å²) in [7, 11) is 0. The fourth-order valence-electron chi connectivity index (χ4n) is 3.59. The molecule has 3 amide bonds. The number of nitrogens with one attached hydrogen (secondary N) is 2. The highest BCUT2D eigenvalue weighted by Crippen LogP contribution is 2.32. The quantitative estimate of drug-likeness (QED) is 0.540. The molecule has 8 nitrogen and oxygen atoms in total.